The number of hydrogen-bond donors (Lipinski definition) is 1. The zero-order valence-corrected chi connectivity index (χ0v) is 10.0. The van der Waals surface area contributed by atoms with Crippen molar-refractivity contribution < 1.29 is 0 Å². The average molecular weight is 203 g/mol. The Morgan fingerprint density at radius 3 is 2.47 bits per heavy atom. The lowest BCUT2D eigenvalue weighted by molar-refractivity contribution is 0.181. The van der Waals surface area contributed by atoms with Gasteiger partial charge in [0.2, 0.25) is 0 Å². The van der Waals surface area contributed by atoms with E-state index in [1.165, 1.54) is 24.0 Å². The summed E-state index contributed by atoms with van der Waals surface area (Å²) >= 11 is 0. The van der Waals surface area contributed by atoms with Crippen LogP contribution in [0.15, 0.2) is 24.3 Å². The van der Waals surface area contributed by atoms with Crippen LogP contribution < -0.4 is 5.32 Å². The SMILES string of the molecule is Cc1ccc(C2NCCCC2(C)C)cc1. The third kappa shape index (κ3) is 2.23. The van der Waals surface area contributed by atoms with Crippen LogP contribution in [0.2, 0.25) is 0 Å². The molecule has 1 aliphatic heterocycles. The molecule has 0 saturated carbocycles. The predicted octanol–water partition coefficient (Wildman–Crippen LogP) is 3.45. The van der Waals surface area contributed by atoms with Gasteiger partial charge in [0.15, 0.2) is 0 Å². The maximum Gasteiger partial charge on any atom is 0.0371 e. The summed E-state index contributed by atoms with van der Waals surface area (Å²) < 4.78 is 0. The number of nitrogens with one attached hydrogen (secondary N) is 1. The number of rotatable bonds is 1. The number of piperidine rings is 1. The van der Waals surface area contributed by atoms with Crippen molar-refractivity contribution in [1.82, 2.24) is 5.32 Å². The quantitative estimate of drug-likeness (QED) is 0.737. The average Bonchev–Trinajstić information content (AvgIpc) is 2.19. The fourth-order valence-corrected chi connectivity index (χ4v) is 2.54. The van der Waals surface area contributed by atoms with Crippen molar-refractivity contribution >= 4 is 0 Å². The lowest BCUT2D eigenvalue weighted by Gasteiger charge is -2.39. The Morgan fingerprint density at radius 2 is 1.87 bits per heavy atom. The summed E-state index contributed by atoms with van der Waals surface area (Å²) in [5.41, 5.74) is 3.16. The van der Waals surface area contributed by atoms with Crippen LogP contribution in [0.3, 0.4) is 0 Å². The van der Waals surface area contributed by atoms with Crippen LogP contribution in [0, 0.1) is 12.3 Å². The van der Waals surface area contributed by atoms with Gasteiger partial charge in [-0.3, -0.25) is 0 Å². The lowest BCUT2D eigenvalue weighted by atomic mass is 9.74. The zero-order chi connectivity index (χ0) is 10.9. The van der Waals surface area contributed by atoms with Gasteiger partial charge in [-0.25, -0.2) is 0 Å². The zero-order valence-electron chi connectivity index (χ0n) is 10.0. The summed E-state index contributed by atoms with van der Waals surface area (Å²) in [6.07, 6.45) is 2.62. The van der Waals surface area contributed by atoms with Crippen molar-refractivity contribution in [2.24, 2.45) is 5.41 Å². The normalized spacial score (nSPS) is 25.1. The molecule has 82 valence electrons. The first-order valence-corrected chi connectivity index (χ1v) is 5.89. The molecule has 1 unspecified atom stereocenters. The Hall–Kier alpha value is -0.820. The minimum Gasteiger partial charge on any atom is -0.309 e. The molecule has 15 heavy (non-hydrogen) atoms. The Labute approximate surface area is 92.9 Å². The molecule has 1 saturated heterocycles. The van der Waals surface area contributed by atoms with E-state index in [0.29, 0.717) is 11.5 Å². The van der Waals surface area contributed by atoms with E-state index in [4.69, 9.17) is 0 Å². The molecule has 1 N–H and O–H groups in total. The van der Waals surface area contributed by atoms with Gasteiger partial charge in [0.05, 0.1) is 0 Å². The summed E-state index contributed by atoms with van der Waals surface area (Å²) in [4.78, 5) is 0. The van der Waals surface area contributed by atoms with Gasteiger partial charge in [-0.1, -0.05) is 43.7 Å². The van der Waals surface area contributed by atoms with E-state index in [1.54, 1.807) is 0 Å². The fraction of sp³-hybridized carbons (Fsp3) is 0.571. The van der Waals surface area contributed by atoms with Gasteiger partial charge in [-0.2, -0.15) is 0 Å². The second-order valence-electron chi connectivity index (χ2n) is 5.39. The summed E-state index contributed by atoms with van der Waals surface area (Å²) in [6, 6.07) is 9.47. The third-order valence-electron chi connectivity index (χ3n) is 3.54. The van der Waals surface area contributed by atoms with Crippen LogP contribution in [-0.4, -0.2) is 6.54 Å². The number of aryl methyl sites for hydroxylation is 1. The van der Waals surface area contributed by atoms with Gasteiger partial charge in [0.1, 0.15) is 0 Å². The highest BCUT2D eigenvalue weighted by molar-refractivity contribution is 5.26. The molecule has 1 aromatic carbocycles. The molecule has 0 aromatic heterocycles. The highest BCUT2D eigenvalue weighted by atomic mass is 14.9. The van der Waals surface area contributed by atoms with E-state index >= 15 is 0 Å². The number of hydrogen-bond acceptors (Lipinski definition) is 1. The molecule has 1 fully saturated rings. The summed E-state index contributed by atoms with van der Waals surface area (Å²) in [6.45, 7) is 8.03. The molecule has 2 rings (SSSR count). The van der Waals surface area contributed by atoms with E-state index in [9.17, 15) is 0 Å². The first-order chi connectivity index (χ1) is 7.09. The van der Waals surface area contributed by atoms with Crippen LogP contribution in [-0.2, 0) is 0 Å². The molecule has 0 bridgehead atoms. The van der Waals surface area contributed by atoms with Crippen LogP contribution in [0.4, 0.5) is 0 Å². The standard InChI is InChI=1S/C14H21N/c1-11-5-7-12(8-6-11)13-14(2,3)9-4-10-15-13/h5-8,13,15H,4,9-10H2,1-3H3. The molecule has 1 aromatic rings. The molecule has 1 atom stereocenters. The number of benzene rings is 1. The summed E-state index contributed by atoms with van der Waals surface area (Å²) in [5, 5.41) is 3.65. The van der Waals surface area contributed by atoms with Crippen LogP contribution >= 0.6 is 0 Å². The van der Waals surface area contributed by atoms with E-state index < -0.39 is 0 Å². The molecule has 1 heteroatoms. The van der Waals surface area contributed by atoms with Crippen LogP contribution in [0.25, 0.3) is 0 Å². The molecule has 1 aliphatic rings. The first kappa shape index (κ1) is 10.7. The topological polar surface area (TPSA) is 12.0 Å². The maximum atomic E-state index is 3.65. The second-order valence-corrected chi connectivity index (χ2v) is 5.39. The monoisotopic (exact) mass is 203 g/mol. The van der Waals surface area contributed by atoms with Crippen molar-refractivity contribution in [3.8, 4) is 0 Å². The van der Waals surface area contributed by atoms with Crippen LogP contribution in [0.1, 0.15) is 43.9 Å². The largest absolute Gasteiger partial charge is 0.309 e. The van der Waals surface area contributed by atoms with Gasteiger partial charge in [0, 0.05) is 6.04 Å². The van der Waals surface area contributed by atoms with Crippen molar-refractivity contribution in [2.75, 3.05) is 6.54 Å². The lowest BCUT2D eigenvalue weighted by Crippen LogP contribution is -2.39. The van der Waals surface area contributed by atoms with Gasteiger partial charge >= 0.3 is 0 Å². The molecule has 0 radical (unpaired) electrons. The van der Waals surface area contributed by atoms with E-state index in [0.717, 1.165) is 6.54 Å². The van der Waals surface area contributed by atoms with Gasteiger partial charge < -0.3 is 5.32 Å². The van der Waals surface area contributed by atoms with E-state index in [1.807, 2.05) is 0 Å². The summed E-state index contributed by atoms with van der Waals surface area (Å²) in [5.74, 6) is 0. The Morgan fingerprint density at radius 1 is 1.20 bits per heavy atom. The molecule has 0 aliphatic carbocycles. The van der Waals surface area contributed by atoms with Crippen molar-refractivity contribution in [2.45, 2.75) is 39.7 Å². The summed E-state index contributed by atoms with van der Waals surface area (Å²) in [7, 11) is 0. The third-order valence-corrected chi connectivity index (χ3v) is 3.54. The van der Waals surface area contributed by atoms with Gasteiger partial charge in [-0.05, 0) is 37.3 Å². The Balaban J connectivity index is 2.25. The molecule has 1 heterocycles. The Bertz CT molecular complexity index is 324. The van der Waals surface area contributed by atoms with E-state index in [2.05, 4.69) is 50.4 Å². The highest BCUT2D eigenvalue weighted by Crippen LogP contribution is 2.39. The Kier molecular flexibility index (Phi) is 2.83. The predicted molar refractivity (Wildman–Crippen MR) is 64.9 cm³/mol. The van der Waals surface area contributed by atoms with Crippen LogP contribution in [0.5, 0.6) is 0 Å². The minimum absolute atomic E-state index is 0.382. The van der Waals surface area contributed by atoms with Gasteiger partial charge in [0.25, 0.3) is 0 Å². The molecular formula is C14H21N. The molecule has 0 amide bonds. The van der Waals surface area contributed by atoms with Crippen molar-refractivity contribution in [1.29, 1.82) is 0 Å². The van der Waals surface area contributed by atoms with Gasteiger partial charge in [-0.15, -0.1) is 0 Å². The van der Waals surface area contributed by atoms with Crippen molar-refractivity contribution in [3.63, 3.8) is 0 Å². The smallest absolute Gasteiger partial charge is 0.0371 e. The highest BCUT2D eigenvalue weighted by Gasteiger charge is 2.32. The maximum absolute atomic E-state index is 3.65. The molecule has 1 nitrogen and oxygen atoms in total. The van der Waals surface area contributed by atoms with Crippen molar-refractivity contribution in [3.05, 3.63) is 35.4 Å². The minimum atomic E-state index is 0.382. The van der Waals surface area contributed by atoms with E-state index in [-0.39, 0.29) is 0 Å². The fourth-order valence-electron chi connectivity index (χ4n) is 2.54. The molecular weight excluding hydrogens is 182 g/mol. The second kappa shape index (κ2) is 3.97. The molecule has 0 spiro atoms. The first-order valence-electron chi connectivity index (χ1n) is 5.89.